The van der Waals surface area contributed by atoms with Gasteiger partial charge < -0.3 is 0 Å². The molecule has 4 nitrogen and oxygen atoms in total. The van der Waals surface area contributed by atoms with Crippen molar-refractivity contribution in [3.8, 4) is 0 Å². The van der Waals surface area contributed by atoms with Crippen molar-refractivity contribution in [2.24, 2.45) is 0 Å². The van der Waals surface area contributed by atoms with E-state index in [9.17, 15) is 14.4 Å². The number of benzene rings is 2. The summed E-state index contributed by atoms with van der Waals surface area (Å²) < 4.78 is 0. The Morgan fingerprint density at radius 2 is 1.83 bits per heavy atom. The number of imide groups is 1. The smallest absolute Gasteiger partial charge is 0.251 e. The van der Waals surface area contributed by atoms with Gasteiger partial charge in [0.1, 0.15) is 5.25 Å². The third-order valence-corrected chi connectivity index (χ3v) is 5.30. The van der Waals surface area contributed by atoms with Crippen molar-refractivity contribution >= 4 is 46.6 Å². The van der Waals surface area contributed by atoms with Crippen molar-refractivity contribution in [2.45, 2.75) is 12.2 Å². The molecule has 1 aliphatic rings. The molecule has 1 atom stereocenters. The number of rotatable bonds is 4. The summed E-state index contributed by atoms with van der Waals surface area (Å²) in [6, 6.07) is 14.0. The number of halogens is 1. The van der Waals surface area contributed by atoms with Crippen molar-refractivity contribution in [3.63, 3.8) is 0 Å². The predicted molar refractivity (Wildman–Crippen MR) is 95.6 cm³/mol. The first-order valence-corrected chi connectivity index (χ1v) is 8.76. The fourth-order valence-electron chi connectivity index (χ4n) is 2.69. The monoisotopic (exact) mass is 359 g/mol. The van der Waals surface area contributed by atoms with E-state index in [0.29, 0.717) is 21.8 Å². The van der Waals surface area contributed by atoms with Gasteiger partial charge in [-0.1, -0.05) is 48.0 Å². The molecule has 2 aromatic rings. The highest BCUT2D eigenvalue weighted by Gasteiger charge is 2.41. The van der Waals surface area contributed by atoms with E-state index in [2.05, 4.69) is 0 Å². The van der Waals surface area contributed by atoms with Crippen molar-refractivity contribution in [1.29, 1.82) is 0 Å². The van der Waals surface area contributed by atoms with Gasteiger partial charge in [-0.3, -0.25) is 14.4 Å². The molecule has 2 aromatic carbocycles. The average molecular weight is 360 g/mol. The largest absolute Gasteiger partial charge is 0.293 e. The summed E-state index contributed by atoms with van der Waals surface area (Å²) >= 11 is 7.44. The molecule has 1 heterocycles. The molecular formula is C18H14ClNO3S. The Bertz CT molecular complexity index is 822. The Labute approximate surface area is 148 Å². The van der Waals surface area contributed by atoms with Gasteiger partial charge in [-0.2, -0.15) is 0 Å². The lowest BCUT2D eigenvalue weighted by Gasteiger charge is -2.13. The highest BCUT2D eigenvalue weighted by atomic mass is 35.5. The number of hydrogen-bond donors (Lipinski definition) is 0. The SMILES string of the molecule is CC(=O)N1C(=O)C(SCC(=O)c2ccccc2)c2c(Cl)cccc21. The molecule has 6 heteroatoms. The first-order chi connectivity index (χ1) is 11.5. The summed E-state index contributed by atoms with van der Waals surface area (Å²) in [5.74, 6) is -0.641. The van der Waals surface area contributed by atoms with Crippen LogP contribution < -0.4 is 4.90 Å². The molecule has 0 radical (unpaired) electrons. The maximum absolute atomic E-state index is 12.6. The number of carbonyl (C=O) groups is 3. The fraction of sp³-hybridized carbons (Fsp3) is 0.167. The number of carbonyl (C=O) groups excluding carboxylic acids is 3. The third-order valence-electron chi connectivity index (χ3n) is 3.77. The van der Waals surface area contributed by atoms with Crippen LogP contribution in [-0.2, 0) is 9.59 Å². The van der Waals surface area contributed by atoms with Gasteiger partial charge in [0.05, 0.1) is 11.4 Å². The molecule has 0 spiro atoms. The fourth-order valence-corrected chi connectivity index (χ4v) is 4.18. The standard InChI is InChI=1S/C18H14ClNO3S/c1-11(21)20-14-9-5-8-13(19)16(14)17(18(20)23)24-10-15(22)12-6-3-2-4-7-12/h2-9,17H,10H2,1H3. The first kappa shape index (κ1) is 16.7. The Morgan fingerprint density at radius 1 is 1.12 bits per heavy atom. The van der Waals surface area contributed by atoms with Crippen LogP contribution in [0.2, 0.25) is 5.02 Å². The van der Waals surface area contributed by atoms with E-state index in [1.165, 1.54) is 18.7 Å². The van der Waals surface area contributed by atoms with Crippen LogP contribution in [0.5, 0.6) is 0 Å². The molecule has 0 saturated heterocycles. The molecule has 0 aromatic heterocycles. The third kappa shape index (κ3) is 2.97. The molecular weight excluding hydrogens is 346 g/mol. The van der Waals surface area contributed by atoms with Crippen LogP contribution in [0.4, 0.5) is 5.69 Å². The quantitative estimate of drug-likeness (QED) is 0.777. The van der Waals surface area contributed by atoms with Gasteiger partial charge in [-0.15, -0.1) is 11.8 Å². The topological polar surface area (TPSA) is 54.5 Å². The lowest BCUT2D eigenvalue weighted by atomic mass is 10.1. The number of ketones is 1. The van der Waals surface area contributed by atoms with E-state index < -0.39 is 5.25 Å². The number of thioether (sulfide) groups is 1. The molecule has 122 valence electrons. The van der Waals surface area contributed by atoms with Crippen LogP contribution >= 0.6 is 23.4 Å². The molecule has 0 bridgehead atoms. The molecule has 2 amide bonds. The van der Waals surface area contributed by atoms with Crippen molar-refractivity contribution in [2.75, 3.05) is 10.7 Å². The zero-order chi connectivity index (χ0) is 17.3. The van der Waals surface area contributed by atoms with Crippen molar-refractivity contribution < 1.29 is 14.4 Å². The molecule has 24 heavy (non-hydrogen) atoms. The molecule has 1 aliphatic heterocycles. The van der Waals surface area contributed by atoms with E-state index in [4.69, 9.17) is 11.6 Å². The zero-order valence-electron chi connectivity index (χ0n) is 12.9. The van der Waals surface area contributed by atoms with E-state index in [0.717, 1.165) is 4.90 Å². The van der Waals surface area contributed by atoms with E-state index in [1.807, 2.05) is 6.07 Å². The molecule has 0 fully saturated rings. The second kappa shape index (κ2) is 6.79. The number of fused-ring (bicyclic) bond motifs is 1. The number of nitrogens with zero attached hydrogens (tertiary/aromatic N) is 1. The normalized spacial score (nSPS) is 16.2. The summed E-state index contributed by atoms with van der Waals surface area (Å²) in [4.78, 5) is 37.8. The minimum absolute atomic E-state index is 0.0664. The summed E-state index contributed by atoms with van der Waals surface area (Å²) in [5.41, 5.74) is 1.70. The summed E-state index contributed by atoms with van der Waals surface area (Å²) in [7, 11) is 0. The van der Waals surface area contributed by atoms with Crippen molar-refractivity contribution in [3.05, 3.63) is 64.7 Å². The molecule has 0 saturated carbocycles. The summed E-state index contributed by atoms with van der Waals surface area (Å²) in [6.07, 6.45) is 0. The lowest BCUT2D eigenvalue weighted by Crippen LogP contribution is -2.32. The highest BCUT2D eigenvalue weighted by molar-refractivity contribution is 8.00. The Balaban J connectivity index is 1.85. The number of hydrogen-bond acceptors (Lipinski definition) is 4. The second-order valence-corrected chi connectivity index (χ2v) is 6.85. The maximum Gasteiger partial charge on any atom is 0.251 e. The number of Topliss-reactive ketones (excluding diaryl/α,β-unsaturated/α-hetero) is 1. The van der Waals surface area contributed by atoms with Gasteiger partial charge >= 0.3 is 0 Å². The van der Waals surface area contributed by atoms with E-state index in [1.54, 1.807) is 42.5 Å². The molecule has 0 aliphatic carbocycles. The van der Waals surface area contributed by atoms with Crippen LogP contribution in [0.15, 0.2) is 48.5 Å². The highest BCUT2D eigenvalue weighted by Crippen LogP contribution is 2.47. The maximum atomic E-state index is 12.6. The van der Waals surface area contributed by atoms with Crippen LogP contribution in [0.3, 0.4) is 0 Å². The first-order valence-electron chi connectivity index (χ1n) is 7.33. The molecule has 1 unspecified atom stereocenters. The number of amides is 2. The molecule has 0 N–H and O–H groups in total. The summed E-state index contributed by atoms with van der Waals surface area (Å²) in [5, 5.41) is -0.223. The van der Waals surface area contributed by atoms with Gasteiger partial charge in [-0.05, 0) is 12.1 Å². The lowest BCUT2D eigenvalue weighted by molar-refractivity contribution is -0.124. The minimum Gasteiger partial charge on any atom is -0.293 e. The van der Waals surface area contributed by atoms with Crippen LogP contribution in [0.25, 0.3) is 0 Å². The van der Waals surface area contributed by atoms with Crippen LogP contribution in [0.1, 0.15) is 28.1 Å². The summed E-state index contributed by atoms with van der Waals surface area (Å²) in [6.45, 7) is 1.34. The predicted octanol–water partition coefficient (Wildman–Crippen LogP) is 3.89. The Hall–Kier alpha value is -2.11. The van der Waals surface area contributed by atoms with E-state index >= 15 is 0 Å². The Morgan fingerprint density at radius 3 is 2.50 bits per heavy atom. The van der Waals surface area contributed by atoms with Crippen molar-refractivity contribution in [1.82, 2.24) is 0 Å². The van der Waals surface area contributed by atoms with Gasteiger partial charge in [0.25, 0.3) is 5.91 Å². The van der Waals surface area contributed by atoms with Gasteiger partial charge in [0, 0.05) is 23.1 Å². The van der Waals surface area contributed by atoms with Gasteiger partial charge in [0.2, 0.25) is 5.91 Å². The van der Waals surface area contributed by atoms with Crippen LogP contribution in [0, 0.1) is 0 Å². The van der Waals surface area contributed by atoms with Crippen LogP contribution in [-0.4, -0.2) is 23.4 Å². The number of anilines is 1. The minimum atomic E-state index is -0.648. The van der Waals surface area contributed by atoms with Gasteiger partial charge in [-0.25, -0.2) is 4.90 Å². The zero-order valence-corrected chi connectivity index (χ0v) is 14.4. The Kier molecular flexibility index (Phi) is 4.73. The van der Waals surface area contributed by atoms with E-state index in [-0.39, 0.29) is 23.4 Å². The molecule has 3 rings (SSSR count). The second-order valence-electron chi connectivity index (χ2n) is 5.35. The van der Waals surface area contributed by atoms with Gasteiger partial charge in [0.15, 0.2) is 5.78 Å². The average Bonchev–Trinajstić information content (AvgIpc) is 2.86.